The lowest BCUT2D eigenvalue weighted by Crippen LogP contribution is -1.93. The Hall–Kier alpha value is -0.0700. The van der Waals surface area contributed by atoms with Gasteiger partial charge in [-0.2, -0.15) is 5.10 Å². The van der Waals surface area contributed by atoms with Gasteiger partial charge < -0.3 is 0 Å². The van der Waals surface area contributed by atoms with E-state index in [1.165, 1.54) is 6.20 Å². The number of H-pyrrole nitrogens is 1. The normalized spacial score (nSPS) is 11.8. The first-order valence-electron chi connectivity index (χ1n) is 2.59. The second kappa shape index (κ2) is 3.12. The summed E-state index contributed by atoms with van der Waals surface area (Å²) in [5.41, 5.74) is 0.528. The fraction of sp³-hybridized carbons (Fsp3) is 0.250. The van der Waals surface area contributed by atoms with Crippen LogP contribution in [0.3, 0.4) is 0 Å². The van der Waals surface area contributed by atoms with E-state index < -0.39 is 9.05 Å². The zero-order valence-corrected chi connectivity index (χ0v) is 8.37. The summed E-state index contributed by atoms with van der Waals surface area (Å²) >= 11 is 3.08. The lowest BCUT2D eigenvalue weighted by atomic mass is 10.4. The third-order valence-electron chi connectivity index (χ3n) is 0.993. The Morgan fingerprint density at radius 3 is 2.73 bits per heavy atom. The van der Waals surface area contributed by atoms with Crippen LogP contribution in [0.2, 0.25) is 0 Å². The van der Waals surface area contributed by atoms with E-state index in [-0.39, 0.29) is 5.75 Å². The van der Waals surface area contributed by atoms with E-state index in [1.54, 1.807) is 0 Å². The van der Waals surface area contributed by atoms with Gasteiger partial charge in [-0.1, -0.05) is 0 Å². The summed E-state index contributed by atoms with van der Waals surface area (Å²) in [5, 5.41) is 6.15. The van der Waals surface area contributed by atoms with Crippen molar-refractivity contribution >= 4 is 35.7 Å². The van der Waals surface area contributed by atoms with Crippen molar-refractivity contribution in [2.75, 3.05) is 0 Å². The molecule has 0 fully saturated rings. The Kier molecular flexibility index (Phi) is 2.56. The van der Waals surface area contributed by atoms with E-state index >= 15 is 0 Å². The molecule has 1 N–H and O–H groups in total. The maximum atomic E-state index is 10.6. The quantitative estimate of drug-likeness (QED) is 0.813. The van der Waals surface area contributed by atoms with Gasteiger partial charge in [-0.3, -0.25) is 5.10 Å². The molecule has 0 saturated carbocycles. The molecule has 0 saturated heterocycles. The molecule has 0 aliphatic heterocycles. The molecule has 0 atom stereocenters. The molecule has 0 aliphatic rings. The number of aromatic nitrogens is 2. The minimum Gasteiger partial charge on any atom is -0.271 e. The summed E-state index contributed by atoms with van der Waals surface area (Å²) in [6.07, 6.45) is 1.41. The molecule has 1 heterocycles. The highest BCUT2D eigenvalue weighted by Crippen LogP contribution is 2.16. The molecule has 0 aromatic carbocycles. The first kappa shape index (κ1) is 9.02. The predicted molar refractivity (Wildman–Crippen MR) is 44.8 cm³/mol. The van der Waals surface area contributed by atoms with Crippen molar-refractivity contribution in [2.45, 2.75) is 5.75 Å². The minimum absolute atomic E-state index is 0.217. The van der Waals surface area contributed by atoms with Gasteiger partial charge in [0.05, 0.1) is 11.9 Å². The monoisotopic (exact) mass is 258 g/mol. The zero-order chi connectivity index (χ0) is 8.48. The van der Waals surface area contributed by atoms with Crippen molar-refractivity contribution < 1.29 is 8.42 Å². The lowest BCUT2D eigenvalue weighted by molar-refractivity contribution is 0.609. The summed E-state index contributed by atoms with van der Waals surface area (Å²) in [7, 11) is 1.52. The molecule has 1 aromatic rings. The highest BCUT2D eigenvalue weighted by molar-refractivity contribution is 9.10. The lowest BCUT2D eigenvalue weighted by Gasteiger charge is -1.91. The van der Waals surface area contributed by atoms with Gasteiger partial charge in [-0.05, 0) is 15.9 Å². The van der Waals surface area contributed by atoms with Crippen LogP contribution in [-0.4, -0.2) is 18.6 Å². The van der Waals surface area contributed by atoms with Crippen molar-refractivity contribution in [3.8, 4) is 0 Å². The van der Waals surface area contributed by atoms with Crippen LogP contribution in [0, 0.1) is 0 Å². The molecule has 0 spiro atoms. The topological polar surface area (TPSA) is 62.8 Å². The first-order valence-corrected chi connectivity index (χ1v) is 5.86. The van der Waals surface area contributed by atoms with Gasteiger partial charge in [-0.25, -0.2) is 8.42 Å². The molecular weight excluding hydrogens is 255 g/mol. The Balaban J connectivity index is 2.89. The SMILES string of the molecule is O=S(=O)(Cl)Cc1cn[nH]c1Br. The van der Waals surface area contributed by atoms with Gasteiger partial charge in [0.2, 0.25) is 9.05 Å². The van der Waals surface area contributed by atoms with E-state index in [9.17, 15) is 8.42 Å². The first-order chi connectivity index (χ1) is 4.99. The molecule has 1 rings (SSSR count). The summed E-state index contributed by atoms with van der Waals surface area (Å²) < 4.78 is 21.7. The van der Waals surface area contributed by atoms with Crippen LogP contribution >= 0.6 is 26.6 Å². The maximum absolute atomic E-state index is 10.6. The summed E-state index contributed by atoms with van der Waals surface area (Å²) in [5.74, 6) is -0.217. The number of halogens is 2. The third-order valence-corrected chi connectivity index (χ3v) is 2.66. The fourth-order valence-corrected chi connectivity index (χ4v) is 2.06. The number of rotatable bonds is 2. The van der Waals surface area contributed by atoms with E-state index in [0.717, 1.165) is 0 Å². The van der Waals surface area contributed by atoms with Crippen molar-refractivity contribution in [1.82, 2.24) is 10.2 Å². The molecule has 0 amide bonds. The van der Waals surface area contributed by atoms with Gasteiger partial charge in [0.25, 0.3) is 0 Å². The molecule has 62 valence electrons. The van der Waals surface area contributed by atoms with E-state index in [4.69, 9.17) is 10.7 Å². The van der Waals surface area contributed by atoms with Crippen LogP contribution in [0.5, 0.6) is 0 Å². The summed E-state index contributed by atoms with van der Waals surface area (Å²) in [4.78, 5) is 0. The predicted octanol–water partition coefficient (Wildman–Crippen LogP) is 1.24. The standard InChI is InChI=1S/C4H4BrClN2O2S/c5-4-3(1-7-8-4)2-11(6,9)10/h1H,2H2,(H,7,8). The summed E-state index contributed by atoms with van der Waals surface area (Å²) in [6.45, 7) is 0. The van der Waals surface area contributed by atoms with Gasteiger partial charge >= 0.3 is 0 Å². The van der Waals surface area contributed by atoms with Crippen LogP contribution in [0.4, 0.5) is 0 Å². The zero-order valence-electron chi connectivity index (χ0n) is 5.21. The number of nitrogens with one attached hydrogen (secondary N) is 1. The summed E-state index contributed by atoms with van der Waals surface area (Å²) in [6, 6.07) is 0. The average molecular weight is 260 g/mol. The molecule has 11 heavy (non-hydrogen) atoms. The van der Waals surface area contributed by atoms with E-state index in [1.807, 2.05) is 0 Å². The largest absolute Gasteiger partial charge is 0.271 e. The van der Waals surface area contributed by atoms with Gasteiger partial charge in [-0.15, -0.1) is 0 Å². The fourth-order valence-electron chi connectivity index (χ4n) is 0.582. The van der Waals surface area contributed by atoms with Crippen LogP contribution < -0.4 is 0 Å². The molecule has 7 heteroatoms. The van der Waals surface area contributed by atoms with E-state index in [0.29, 0.717) is 10.2 Å². The van der Waals surface area contributed by atoms with Gasteiger partial charge in [0, 0.05) is 16.2 Å². The van der Waals surface area contributed by atoms with Crippen LogP contribution in [0.25, 0.3) is 0 Å². The molecule has 0 bridgehead atoms. The van der Waals surface area contributed by atoms with Crippen molar-refractivity contribution in [3.05, 3.63) is 16.4 Å². The Labute approximate surface area is 76.5 Å². The highest BCUT2D eigenvalue weighted by atomic mass is 79.9. The van der Waals surface area contributed by atoms with Crippen LogP contribution in [-0.2, 0) is 14.8 Å². The Morgan fingerprint density at radius 2 is 2.36 bits per heavy atom. The molecule has 0 aliphatic carbocycles. The molecule has 1 aromatic heterocycles. The second-order valence-electron chi connectivity index (χ2n) is 1.89. The molecule has 4 nitrogen and oxygen atoms in total. The highest BCUT2D eigenvalue weighted by Gasteiger charge is 2.10. The smallest absolute Gasteiger partial charge is 0.236 e. The van der Waals surface area contributed by atoms with Crippen molar-refractivity contribution in [3.63, 3.8) is 0 Å². The molecule has 0 radical (unpaired) electrons. The Bertz CT molecular complexity index is 347. The molecule has 0 unspecified atom stereocenters. The number of hydrogen-bond donors (Lipinski definition) is 1. The van der Waals surface area contributed by atoms with Gasteiger partial charge in [0.15, 0.2) is 0 Å². The van der Waals surface area contributed by atoms with E-state index in [2.05, 4.69) is 26.1 Å². The minimum atomic E-state index is -3.49. The number of aromatic amines is 1. The van der Waals surface area contributed by atoms with Crippen LogP contribution in [0.15, 0.2) is 10.8 Å². The van der Waals surface area contributed by atoms with Gasteiger partial charge in [0.1, 0.15) is 4.60 Å². The maximum Gasteiger partial charge on any atom is 0.236 e. The Morgan fingerprint density at radius 1 is 1.73 bits per heavy atom. The van der Waals surface area contributed by atoms with Crippen molar-refractivity contribution in [1.29, 1.82) is 0 Å². The molecular formula is C4H4BrClN2O2S. The number of hydrogen-bond acceptors (Lipinski definition) is 3. The van der Waals surface area contributed by atoms with Crippen LogP contribution in [0.1, 0.15) is 5.56 Å². The van der Waals surface area contributed by atoms with Crippen molar-refractivity contribution in [2.24, 2.45) is 0 Å². The average Bonchev–Trinajstić information content (AvgIpc) is 2.12. The third kappa shape index (κ3) is 2.80. The number of nitrogens with zero attached hydrogens (tertiary/aromatic N) is 1. The second-order valence-corrected chi connectivity index (χ2v) is 5.46.